The standard InChI is InChI=1S/C21H21ClN2O4S/c1-14-3-4-15(2)20(11-14)29(26,27)24-9-7-23(8-10-24)21(25)19-13-16-12-17(22)5-6-18(16)28-19/h3-6,11-13H,7-10H2,1-2H3. The van der Waals surface area contributed by atoms with Crippen LogP contribution >= 0.6 is 11.6 Å². The molecule has 0 spiro atoms. The van der Waals surface area contributed by atoms with Crippen LogP contribution in [0.5, 0.6) is 0 Å². The number of rotatable bonds is 3. The van der Waals surface area contributed by atoms with Crippen LogP contribution in [-0.4, -0.2) is 49.7 Å². The molecule has 0 bridgehead atoms. The molecular formula is C21H21ClN2O4S. The first-order valence-electron chi connectivity index (χ1n) is 9.31. The van der Waals surface area contributed by atoms with Gasteiger partial charge in [-0.25, -0.2) is 8.42 Å². The van der Waals surface area contributed by atoms with Crippen molar-refractivity contribution < 1.29 is 17.6 Å². The van der Waals surface area contributed by atoms with Gasteiger partial charge in [0.2, 0.25) is 10.0 Å². The van der Waals surface area contributed by atoms with Crippen LogP contribution in [0, 0.1) is 13.8 Å². The van der Waals surface area contributed by atoms with E-state index in [1.807, 2.05) is 19.1 Å². The Morgan fingerprint density at radius 1 is 1.00 bits per heavy atom. The average molecular weight is 433 g/mol. The fraction of sp³-hybridized carbons (Fsp3) is 0.286. The molecule has 6 nitrogen and oxygen atoms in total. The zero-order valence-electron chi connectivity index (χ0n) is 16.2. The maximum absolute atomic E-state index is 13.0. The third kappa shape index (κ3) is 3.77. The molecule has 0 saturated carbocycles. The normalized spacial score (nSPS) is 15.8. The Bertz CT molecular complexity index is 1190. The van der Waals surface area contributed by atoms with Gasteiger partial charge < -0.3 is 9.32 Å². The Hall–Kier alpha value is -2.35. The van der Waals surface area contributed by atoms with Gasteiger partial charge in [-0.15, -0.1) is 0 Å². The first kappa shape index (κ1) is 19.9. The van der Waals surface area contributed by atoms with Crippen LogP contribution in [-0.2, 0) is 10.0 Å². The Labute approximate surface area is 174 Å². The fourth-order valence-electron chi connectivity index (χ4n) is 3.53. The van der Waals surface area contributed by atoms with Crippen molar-refractivity contribution in [1.82, 2.24) is 9.21 Å². The number of carbonyl (C=O) groups excluding carboxylic acids is 1. The van der Waals surface area contributed by atoms with Crippen molar-refractivity contribution >= 4 is 38.5 Å². The minimum Gasteiger partial charge on any atom is -0.451 e. The van der Waals surface area contributed by atoms with Crippen molar-refractivity contribution in [2.24, 2.45) is 0 Å². The maximum atomic E-state index is 13.0. The highest BCUT2D eigenvalue weighted by molar-refractivity contribution is 7.89. The molecule has 0 unspecified atom stereocenters. The molecule has 1 aromatic heterocycles. The van der Waals surface area contributed by atoms with Gasteiger partial charge in [0, 0.05) is 36.6 Å². The van der Waals surface area contributed by atoms with E-state index < -0.39 is 10.0 Å². The molecule has 8 heteroatoms. The number of fused-ring (bicyclic) bond motifs is 1. The van der Waals surface area contributed by atoms with Gasteiger partial charge in [-0.05, 0) is 55.3 Å². The molecule has 152 valence electrons. The summed E-state index contributed by atoms with van der Waals surface area (Å²) in [5.41, 5.74) is 2.21. The predicted octanol–water partition coefficient (Wildman–Crippen LogP) is 3.85. The number of sulfonamides is 1. The van der Waals surface area contributed by atoms with E-state index in [9.17, 15) is 13.2 Å². The van der Waals surface area contributed by atoms with E-state index >= 15 is 0 Å². The molecule has 0 atom stereocenters. The highest BCUT2D eigenvalue weighted by Gasteiger charge is 2.32. The molecule has 1 fully saturated rings. The Kier molecular flexibility index (Phi) is 5.14. The van der Waals surface area contributed by atoms with Crippen LogP contribution in [0.4, 0.5) is 0 Å². The summed E-state index contributed by atoms with van der Waals surface area (Å²) in [5, 5.41) is 1.33. The van der Waals surface area contributed by atoms with Crippen molar-refractivity contribution in [1.29, 1.82) is 0 Å². The summed E-state index contributed by atoms with van der Waals surface area (Å²) in [6.07, 6.45) is 0. The summed E-state index contributed by atoms with van der Waals surface area (Å²) < 4.78 is 33.2. The van der Waals surface area contributed by atoms with Gasteiger partial charge in [-0.2, -0.15) is 4.31 Å². The zero-order valence-corrected chi connectivity index (χ0v) is 17.8. The molecule has 3 aromatic rings. The molecule has 1 aliphatic rings. The Balaban J connectivity index is 1.49. The van der Waals surface area contributed by atoms with Gasteiger partial charge in [0.15, 0.2) is 5.76 Å². The van der Waals surface area contributed by atoms with Crippen molar-refractivity contribution in [3.05, 3.63) is 64.4 Å². The number of aryl methyl sites for hydroxylation is 2. The van der Waals surface area contributed by atoms with Gasteiger partial charge in [0.1, 0.15) is 5.58 Å². The smallest absolute Gasteiger partial charge is 0.289 e. The van der Waals surface area contributed by atoms with Crippen LogP contribution in [0.2, 0.25) is 5.02 Å². The van der Waals surface area contributed by atoms with E-state index in [2.05, 4.69) is 0 Å². The van der Waals surface area contributed by atoms with E-state index in [1.54, 1.807) is 42.2 Å². The summed E-state index contributed by atoms with van der Waals surface area (Å²) in [4.78, 5) is 14.8. The summed E-state index contributed by atoms with van der Waals surface area (Å²) in [7, 11) is -3.60. The minimum atomic E-state index is -3.60. The zero-order chi connectivity index (χ0) is 20.8. The van der Waals surface area contributed by atoms with Gasteiger partial charge >= 0.3 is 0 Å². The number of furan rings is 1. The van der Waals surface area contributed by atoms with Crippen LogP contribution in [0.25, 0.3) is 11.0 Å². The lowest BCUT2D eigenvalue weighted by atomic mass is 10.2. The second kappa shape index (κ2) is 7.48. The molecule has 1 aliphatic heterocycles. The van der Waals surface area contributed by atoms with Crippen LogP contribution in [0.3, 0.4) is 0 Å². The van der Waals surface area contributed by atoms with E-state index in [-0.39, 0.29) is 24.8 Å². The van der Waals surface area contributed by atoms with E-state index in [0.717, 1.165) is 16.5 Å². The summed E-state index contributed by atoms with van der Waals surface area (Å²) in [5.74, 6) is -0.0193. The lowest BCUT2D eigenvalue weighted by molar-refractivity contribution is 0.0668. The van der Waals surface area contributed by atoms with Crippen molar-refractivity contribution in [2.45, 2.75) is 18.7 Å². The van der Waals surface area contributed by atoms with E-state index in [4.69, 9.17) is 16.0 Å². The predicted molar refractivity (Wildman–Crippen MR) is 112 cm³/mol. The number of amides is 1. The molecule has 2 heterocycles. The fourth-order valence-corrected chi connectivity index (χ4v) is 5.44. The minimum absolute atomic E-state index is 0.230. The quantitative estimate of drug-likeness (QED) is 0.630. The van der Waals surface area contributed by atoms with Crippen LogP contribution < -0.4 is 0 Å². The van der Waals surface area contributed by atoms with Crippen LogP contribution in [0.1, 0.15) is 21.7 Å². The number of halogens is 1. The third-order valence-corrected chi connectivity index (χ3v) is 7.45. The lowest BCUT2D eigenvalue weighted by Crippen LogP contribution is -2.50. The molecule has 0 radical (unpaired) electrons. The molecular weight excluding hydrogens is 412 g/mol. The average Bonchev–Trinajstić information content (AvgIpc) is 3.12. The topological polar surface area (TPSA) is 70.8 Å². The largest absolute Gasteiger partial charge is 0.451 e. The van der Waals surface area contributed by atoms with Gasteiger partial charge in [-0.1, -0.05) is 23.7 Å². The first-order chi connectivity index (χ1) is 13.8. The first-order valence-corrected chi connectivity index (χ1v) is 11.1. The summed E-state index contributed by atoms with van der Waals surface area (Å²) in [6.45, 7) is 4.76. The number of benzene rings is 2. The number of piperazine rings is 1. The molecule has 2 aromatic carbocycles. The van der Waals surface area contributed by atoms with Gasteiger partial charge in [-0.3, -0.25) is 4.79 Å². The molecule has 29 heavy (non-hydrogen) atoms. The highest BCUT2D eigenvalue weighted by atomic mass is 35.5. The van der Waals surface area contributed by atoms with Gasteiger partial charge in [0.25, 0.3) is 5.91 Å². The molecule has 0 N–H and O–H groups in total. The van der Waals surface area contributed by atoms with Gasteiger partial charge in [0.05, 0.1) is 4.90 Å². The summed E-state index contributed by atoms with van der Waals surface area (Å²) >= 11 is 5.99. The monoisotopic (exact) mass is 432 g/mol. The maximum Gasteiger partial charge on any atom is 0.289 e. The van der Waals surface area contributed by atoms with E-state index in [0.29, 0.717) is 28.6 Å². The lowest BCUT2D eigenvalue weighted by Gasteiger charge is -2.33. The molecule has 1 amide bonds. The van der Waals surface area contributed by atoms with Crippen molar-refractivity contribution in [2.75, 3.05) is 26.2 Å². The molecule has 1 saturated heterocycles. The molecule has 4 rings (SSSR count). The third-order valence-electron chi connectivity index (χ3n) is 5.18. The van der Waals surface area contributed by atoms with Crippen molar-refractivity contribution in [3.63, 3.8) is 0 Å². The highest BCUT2D eigenvalue weighted by Crippen LogP contribution is 2.26. The second-order valence-corrected chi connectivity index (χ2v) is 9.60. The number of carbonyl (C=O) groups is 1. The number of nitrogens with zero attached hydrogens (tertiary/aromatic N) is 2. The molecule has 0 aliphatic carbocycles. The Morgan fingerprint density at radius 3 is 2.45 bits per heavy atom. The second-order valence-electron chi connectivity index (χ2n) is 7.26. The van der Waals surface area contributed by atoms with E-state index in [1.165, 1.54) is 4.31 Å². The van der Waals surface area contributed by atoms with Crippen LogP contribution in [0.15, 0.2) is 51.8 Å². The number of hydrogen-bond acceptors (Lipinski definition) is 4. The SMILES string of the molecule is Cc1ccc(C)c(S(=O)(=O)N2CCN(C(=O)c3cc4cc(Cl)ccc4o3)CC2)c1. The van der Waals surface area contributed by atoms with Crippen molar-refractivity contribution in [3.8, 4) is 0 Å². The number of hydrogen-bond donors (Lipinski definition) is 0. The summed E-state index contributed by atoms with van der Waals surface area (Å²) in [6, 6.07) is 12.2. The Morgan fingerprint density at radius 2 is 1.72 bits per heavy atom.